The van der Waals surface area contributed by atoms with Crippen LogP contribution in [0.3, 0.4) is 0 Å². The van der Waals surface area contributed by atoms with Crippen molar-refractivity contribution < 1.29 is 9.66 Å². The van der Waals surface area contributed by atoms with Crippen LogP contribution in [0.5, 0.6) is 5.75 Å². The molecule has 0 saturated carbocycles. The predicted molar refractivity (Wildman–Crippen MR) is 73.4 cm³/mol. The van der Waals surface area contributed by atoms with E-state index in [0.29, 0.717) is 11.4 Å². The Morgan fingerprint density at radius 1 is 1.35 bits per heavy atom. The summed E-state index contributed by atoms with van der Waals surface area (Å²) >= 11 is 0. The minimum absolute atomic E-state index is 0.121. The number of benzene rings is 1. The summed E-state index contributed by atoms with van der Waals surface area (Å²) in [4.78, 5) is 27.9. The largest absolute Gasteiger partial charge is 0.490 e. The molecule has 0 bridgehead atoms. The number of hydrogen-bond donors (Lipinski definition) is 1. The van der Waals surface area contributed by atoms with Gasteiger partial charge in [-0.1, -0.05) is 12.1 Å². The Morgan fingerprint density at radius 3 is 2.80 bits per heavy atom. The molecule has 1 aromatic heterocycles. The molecular formula is C13H11N3O4. The molecule has 102 valence electrons. The molecule has 7 heteroatoms. The van der Waals surface area contributed by atoms with E-state index in [1.54, 1.807) is 18.2 Å². The number of H-pyrrole nitrogens is 1. The fourth-order valence-corrected chi connectivity index (χ4v) is 1.60. The number of nitro groups is 1. The number of nitrogens with one attached hydrogen (secondary N) is 1. The van der Waals surface area contributed by atoms with Crippen molar-refractivity contribution in [2.75, 3.05) is 7.11 Å². The fourth-order valence-electron chi connectivity index (χ4n) is 1.60. The van der Waals surface area contributed by atoms with Gasteiger partial charge in [0.15, 0.2) is 5.75 Å². The number of nitro benzene ring substituents is 1. The molecule has 0 fully saturated rings. The van der Waals surface area contributed by atoms with Gasteiger partial charge in [0, 0.05) is 18.3 Å². The third-order valence-electron chi connectivity index (χ3n) is 2.52. The quantitative estimate of drug-likeness (QED) is 0.677. The van der Waals surface area contributed by atoms with Gasteiger partial charge in [0.1, 0.15) is 5.82 Å². The van der Waals surface area contributed by atoms with E-state index >= 15 is 0 Å². The van der Waals surface area contributed by atoms with Crippen LogP contribution in [0.2, 0.25) is 0 Å². The summed E-state index contributed by atoms with van der Waals surface area (Å²) < 4.78 is 4.91. The molecule has 0 aliphatic heterocycles. The first-order valence-electron chi connectivity index (χ1n) is 5.66. The van der Waals surface area contributed by atoms with Crippen LogP contribution in [0, 0.1) is 10.1 Å². The van der Waals surface area contributed by atoms with Crippen LogP contribution >= 0.6 is 0 Å². The molecule has 0 spiro atoms. The molecule has 0 atom stereocenters. The third-order valence-corrected chi connectivity index (χ3v) is 2.52. The first-order chi connectivity index (χ1) is 9.60. The molecule has 0 unspecified atom stereocenters. The highest BCUT2D eigenvalue weighted by Gasteiger charge is 2.14. The van der Waals surface area contributed by atoms with Crippen LogP contribution in [0.15, 0.2) is 35.3 Å². The van der Waals surface area contributed by atoms with Crippen molar-refractivity contribution in [2.45, 2.75) is 0 Å². The van der Waals surface area contributed by atoms with Crippen LogP contribution in [0.1, 0.15) is 11.4 Å². The number of hydrogen-bond acceptors (Lipinski definition) is 5. The highest BCUT2D eigenvalue weighted by Crippen LogP contribution is 2.28. The average molecular weight is 273 g/mol. The van der Waals surface area contributed by atoms with Crippen LogP contribution < -0.4 is 10.3 Å². The van der Waals surface area contributed by atoms with Crippen LogP contribution in [-0.4, -0.2) is 22.0 Å². The second-order valence-corrected chi connectivity index (χ2v) is 3.84. The summed E-state index contributed by atoms with van der Waals surface area (Å²) in [6.45, 7) is 0. The highest BCUT2D eigenvalue weighted by atomic mass is 16.6. The molecule has 2 aromatic rings. The van der Waals surface area contributed by atoms with E-state index in [2.05, 4.69) is 9.97 Å². The molecule has 0 aliphatic rings. The Morgan fingerprint density at radius 2 is 2.15 bits per heavy atom. The third kappa shape index (κ3) is 3.08. The van der Waals surface area contributed by atoms with E-state index in [9.17, 15) is 14.9 Å². The van der Waals surface area contributed by atoms with Gasteiger partial charge in [-0.25, -0.2) is 4.98 Å². The molecule has 0 radical (unpaired) electrons. The molecule has 0 saturated heterocycles. The maximum atomic E-state index is 11.1. The SMILES string of the molecule is COc1ccc(C=Cc2nccc(=O)[nH]2)cc1[N+](=O)[O-]. The molecule has 1 heterocycles. The molecule has 0 amide bonds. The van der Waals surface area contributed by atoms with Gasteiger partial charge in [0.2, 0.25) is 0 Å². The summed E-state index contributed by atoms with van der Waals surface area (Å²) in [6, 6.07) is 5.87. The van der Waals surface area contributed by atoms with E-state index in [1.807, 2.05) is 0 Å². The molecular weight excluding hydrogens is 262 g/mol. The van der Waals surface area contributed by atoms with Gasteiger partial charge in [-0.05, 0) is 17.7 Å². The Bertz CT molecular complexity index is 722. The molecule has 1 aromatic carbocycles. The maximum Gasteiger partial charge on any atom is 0.311 e. The number of aromatic nitrogens is 2. The lowest BCUT2D eigenvalue weighted by Crippen LogP contribution is -2.05. The first kappa shape index (κ1) is 13.5. The number of rotatable bonds is 4. The van der Waals surface area contributed by atoms with Crippen molar-refractivity contribution in [2.24, 2.45) is 0 Å². The Hall–Kier alpha value is -2.96. The van der Waals surface area contributed by atoms with Crippen LogP contribution in [-0.2, 0) is 0 Å². The Kier molecular flexibility index (Phi) is 3.90. The smallest absolute Gasteiger partial charge is 0.311 e. The summed E-state index contributed by atoms with van der Waals surface area (Å²) in [5.74, 6) is 0.564. The standard InChI is InChI=1S/C13H11N3O4/c1-20-11-4-2-9(8-10(11)16(18)19)3-5-12-14-7-6-13(17)15-12/h2-8H,1H3,(H,14,15,17). The second-order valence-electron chi connectivity index (χ2n) is 3.84. The summed E-state index contributed by atoms with van der Waals surface area (Å²) in [5, 5.41) is 10.9. The molecule has 7 nitrogen and oxygen atoms in total. The summed E-state index contributed by atoms with van der Waals surface area (Å²) in [6.07, 6.45) is 4.56. The number of nitrogens with zero attached hydrogens (tertiary/aromatic N) is 2. The van der Waals surface area contributed by atoms with Gasteiger partial charge in [0.25, 0.3) is 5.56 Å². The van der Waals surface area contributed by atoms with Gasteiger partial charge >= 0.3 is 5.69 Å². The monoisotopic (exact) mass is 273 g/mol. The van der Waals surface area contributed by atoms with Crippen molar-refractivity contribution in [3.05, 3.63) is 62.3 Å². The van der Waals surface area contributed by atoms with E-state index in [1.165, 1.54) is 31.5 Å². The number of ether oxygens (including phenoxy) is 1. The minimum Gasteiger partial charge on any atom is -0.490 e. The zero-order chi connectivity index (χ0) is 14.5. The topological polar surface area (TPSA) is 98.1 Å². The Balaban J connectivity index is 2.32. The van der Waals surface area contributed by atoms with Gasteiger partial charge in [-0.3, -0.25) is 14.9 Å². The second kappa shape index (κ2) is 5.79. The minimum atomic E-state index is -0.515. The van der Waals surface area contributed by atoms with Crippen LogP contribution in [0.4, 0.5) is 5.69 Å². The first-order valence-corrected chi connectivity index (χ1v) is 5.66. The average Bonchev–Trinajstić information content (AvgIpc) is 2.45. The van der Waals surface area contributed by atoms with Crippen molar-refractivity contribution >= 4 is 17.8 Å². The van der Waals surface area contributed by atoms with Crippen molar-refractivity contribution in [1.82, 2.24) is 9.97 Å². The molecule has 20 heavy (non-hydrogen) atoms. The number of methoxy groups -OCH3 is 1. The highest BCUT2D eigenvalue weighted by molar-refractivity contribution is 5.69. The van der Waals surface area contributed by atoms with Crippen molar-refractivity contribution in [3.8, 4) is 5.75 Å². The lowest BCUT2D eigenvalue weighted by atomic mass is 10.1. The lowest BCUT2D eigenvalue weighted by Gasteiger charge is -2.02. The van der Waals surface area contributed by atoms with E-state index < -0.39 is 4.92 Å². The zero-order valence-corrected chi connectivity index (χ0v) is 10.6. The number of aromatic amines is 1. The molecule has 0 aliphatic carbocycles. The van der Waals surface area contributed by atoms with Gasteiger partial charge in [-0.2, -0.15) is 0 Å². The van der Waals surface area contributed by atoms with E-state index in [-0.39, 0.29) is 17.0 Å². The van der Waals surface area contributed by atoms with E-state index in [4.69, 9.17) is 4.74 Å². The maximum absolute atomic E-state index is 11.1. The fraction of sp³-hybridized carbons (Fsp3) is 0.0769. The van der Waals surface area contributed by atoms with Gasteiger partial charge in [0.05, 0.1) is 12.0 Å². The van der Waals surface area contributed by atoms with E-state index in [0.717, 1.165) is 0 Å². The lowest BCUT2D eigenvalue weighted by molar-refractivity contribution is -0.385. The molecule has 2 rings (SSSR count). The van der Waals surface area contributed by atoms with Gasteiger partial charge in [-0.15, -0.1) is 0 Å². The Labute approximate surface area is 113 Å². The zero-order valence-electron chi connectivity index (χ0n) is 10.6. The predicted octanol–water partition coefficient (Wildman–Crippen LogP) is 1.86. The van der Waals surface area contributed by atoms with Crippen molar-refractivity contribution in [1.29, 1.82) is 0 Å². The normalized spacial score (nSPS) is 10.7. The summed E-state index contributed by atoms with van der Waals surface area (Å²) in [5.41, 5.74) is 0.216. The van der Waals surface area contributed by atoms with Crippen LogP contribution in [0.25, 0.3) is 12.2 Å². The molecule has 1 N–H and O–H groups in total. The summed E-state index contributed by atoms with van der Waals surface area (Å²) in [7, 11) is 1.37. The van der Waals surface area contributed by atoms with Gasteiger partial charge < -0.3 is 9.72 Å². The van der Waals surface area contributed by atoms with Crippen molar-refractivity contribution in [3.63, 3.8) is 0 Å².